The predicted octanol–water partition coefficient (Wildman–Crippen LogP) is 0.332. The molecule has 1 saturated heterocycles. The number of carbonyl (C=O) groups excluding carboxylic acids is 1. The van der Waals surface area contributed by atoms with Gasteiger partial charge in [-0.3, -0.25) is 9.78 Å². The normalized spacial score (nSPS) is 16.9. The Morgan fingerprint density at radius 3 is 2.85 bits per heavy atom. The number of rotatable bonds is 4. The lowest BCUT2D eigenvalue weighted by atomic mass is 10.0. The van der Waals surface area contributed by atoms with Crippen LogP contribution >= 0.6 is 0 Å². The van der Waals surface area contributed by atoms with Crippen LogP contribution in [0.4, 0.5) is 0 Å². The molecule has 4 N–H and O–H groups in total. The third-order valence-corrected chi connectivity index (χ3v) is 3.29. The van der Waals surface area contributed by atoms with Gasteiger partial charge in [-0.1, -0.05) is 5.16 Å². The van der Waals surface area contributed by atoms with E-state index in [1.54, 1.807) is 12.1 Å². The van der Waals surface area contributed by atoms with Crippen molar-refractivity contribution >= 4 is 11.7 Å². The summed E-state index contributed by atoms with van der Waals surface area (Å²) < 4.78 is 5.27. The van der Waals surface area contributed by atoms with Gasteiger partial charge in [-0.05, 0) is 30.9 Å². The number of hydrogen-bond acceptors (Lipinski definition) is 5. The highest BCUT2D eigenvalue weighted by Crippen LogP contribution is 2.13. The lowest BCUT2D eigenvalue weighted by molar-refractivity contribution is 0.0642. The summed E-state index contributed by atoms with van der Waals surface area (Å²) in [7, 11) is 0. The molecule has 20 heavy (non-hydrogen) atoms. The molecule has 2 heterocycles. The first-order valence-electron chi connectivity index (χ1n) is 6.50. The van der Waals surface area contributed by atoms with E-state index >= 15 is 0 Å². The molecular weight excluding hydrogens is 260 g/mol. The van der Waals surface area contributed by atoms with E-state index in [-0.39, 0.29) is 11.7 Å². The van der Waals surface area contributed by atoms with Gasteiger partial charge in [0.1, 0.15) is 5.69 Å². The van der Waals surface area contributed by atoms with E-state index in [0.29, 0.717) is 23.7 Å². The van der Waals surface area contributed by atoms with Crippen molar-refractivity contribution in [1.29, 1.82) is 0 Å². The second-order valence-electron chi connectivity index (χ2n) is 4.68. The molecule has 0 aliphatic carbocycles. The number of amides is 1. The third kappa shape index (κ3) is 3.67. The van der Waals surface area contributed by atoms with Crippen molar-refractivity contribution < 1.29 is 14.7 Å². The molecule has 0 radical (unpaired) electrons. The monoisotopic (exact) mass is 278 g/mol. The van der Waals surface area contributed by atoms with Crippen LogP contribution in [0.3, 0.4) is 0 Å². The molecule has 1 aliphatic rings. The molecule has 0 saturated carbocycles. The van der Waals surface area contributed by atoms with Crippen LogP contribution in [0.5, 0.6) is 0 Å². The number of pyridine rings is 1. The first kappa shape index (κ1) is 14.3. The lowest BCUT2D eigenvalue weighted by Gasteiger charge is -2.22. The SMILES string of the molecule is NC(=NO)c1ccc(C(=O)NCC2CCOCC2)nc1. The van der Waals surface area contributed by atoms with Gasteiger partial charge in [0.2, 0.25) is 0 Å². The van der Waals surface area contributed by atoms with Crippen LogP contribution in [0.1, 0.15) is 28.9 Å². The summed E-state index contributed by atoms with van der Waals surface area (Å²) in [6, 6.07) is 3.14. The zero-order valence-corrected chi connectivity index (χ0v) is 11.1. The van der Waals surface area contributed by atoms with Crippen LogP contribution < -0.4 is 11.1 Å². The van der Waals surface area contributed by atoms with Gasteiger partial charge in [0.15, 0.2) is 5.84 Å². The molecule has 1 aliphatic heterocycles. The summed E-state index contributed by atoms with van der Waals surface area (Å²) in [5, 5.41) is 14.3. The number of nitrogens with one attached hydrogen (secondary N) is 1. The van der Waals surface area contributed by atoms with Gasteiger partial charge in [-0.15, -0.1) is 0 Å². The highest BCUT2D eigenvalue weighted by atomic mass is 16.5. The van der Waals surface area contributed by atoms with Crippen LogP contribution in [0, 0.1) is 5.92 Å². The first-order valence-corrected chi connectivity index (χ1v) is 6.50. The largest absolute Gasteiger partial charge is 0.409 e. The number of nitrogens with zero attached hydrogens (tertiary/aromatic N) is 2. The fourth-order valence-corrected chi connectivity index (χ4v) is 2.02. The fraction of sp³-hybridized carbons (Fsp3) is 0.462. The Labute approximate surface area is 116 Å². The minimum atomic E-state index is -0.220. The molecule has 0 bridgehead atoms. The van der Waals surface area contributed by atoms with Gasteiger partial charge in [0.05, 0.1) is 0 Å². The maximum Gasteiger partial charge on any atom is 0.269 e. The maximum atomic E-state index is 11.9. The Morgan fingerprint density at radius 2 is 2.25 bits per heavy atom. The summed E-state index contributed by atoms with van der Waals surface area (Å²) in [6.07, 6.45) is 3.34. The van der Waals surface area contributed by atoms with Gasteiger partial charge >= 0.3 is 0 Å². The average molecular weight is 278 g/mol. The Balaban J connectivity index is 1.88. The summed E-state index contributed by atoms with van der Waals surface area (Å²) >= 11 is 0. The van der Waals surface area contributed by atoms with Gasteiger partial charge in [-0.25, -0.2) is 0 Å². The van der Waals surface area contributed by atoms with Crippen molar-refractivity contribution in [2.24, 2.45) is 16.8 Å². The number of amidine groups is 1. The second kappa shape index (κ2) is 6.85. The molecule has 7 heteroatoms. The molecule has 0 spiro atoms. The topological polar surface area (TPSA) is 110 Å². The predicted molar refractivity (Wildman–Crippen MR) is 72.6 cm³/mol. The Kier molecular flexibility index (Phi) is 4.89. The molecule has 1 aromatic heterocycles. The highest BCUT2D eigenvalue weighted by Gasteiger charge is 2.15. The minimum Gasteiger partial charge on any atom is -0.409 e. The lowest BCUT2D eigenvalue weighted by Crippen LogP contribution is -2.32. The summed E-state index contributed by atoms with van der Waals surface area (Å²) in [5.74, 6) is 0.207. The number of oxime groups is 1. The third-order valence-electron chi connectivity index (χ3n) is 3.29. The number of carbonyl (C=O) groups is 1. The molecular formula is C13H18N4O3. The van der Waals surface area contributed by atoms with E-state index in [4.69, 9.17) is 15.7 Å². The van der Waals surface area contributed by atoms with Gasteiger partial charge in [0.25, 0.3) is 5.91 Å². The standard InChI is InChI=1S/C13H18N4O3/c14-12(17-19)10-1-2-11(15-8-10)13(18)16-7-9-3-5-20-6-4-9/h1-2,8-9,19H,3-7H2,(H2,14,17)(H,16,18). The molecule has 0 aromatic carbocycles. The molecule has 1 amide bonds. The first-order chi connectivity index (χ1) is 9.70. The molecule has 108 valence electrons. The number of nitrogens with two attached hydrogens (primary N) is 1. The highest BCUT2D eigenvalue weighted by molar-refractivity contribution is 5.98. The number of hydrogen-bond donors (Lipinski definition) is 3. The fourth-order valence-electron chi connectivity index (χ4n) is 2.02. The molecule has 7 nitrogen and oxygen atoms in total. The second-order valence-corrected chi connectivity index (χ2v) is 4.68. The Morgan fingerprint density at radius 1 is 1.50 bits per heavy atom. The van der Waals surface area contributed by atoms with Crippen LogP contribution in [0.25, 0.3) is 0 Å². The zero-order chi connectivity index (χ0) is 14.4. The van der Waals surface area contributed by atoms with Gasteiger partial charge in [0, 0.05) is 31.5 Å². The van der Waals surface area contributed by atoms with Crippen LogP contribution in [0.15, 0.2) is 23.5 Å². The smallest absolute Gasteiger partial charge is 0.269 e. The molecule has 0 unspecified atom stereocenters. The van der Waals surface area contributed by atoms with Crippen LogP contribution in [0.2, 0.25) is 0 Å². The maximum absolute atomic E-state index is 11.9. The quantitative estimate of drug-likeness (QED) is 0.318. The van der Waals surface area contributed by atoms with E-state index in [2.05, 4.69) is 15.5 Å². The summed E-state index contributed by atoms with van der Waals surface area (Å²) in [6.45, 7) is 2.15. The van der Waals surface area contributed by atoms with E-state index in [1.165, 1.54) is 6.20 Å². The van der Waals surface area contributed by atoms with Crippen molar-refractivity contribution in [3.05, 3.63) is 29.6 Å². The zero-order valence-electron chi connectivity index (χ0n) is 11.1. The van der Waals surface area contributed by atoms with Crippen molar-refractivity contribution in [2.45, 2.75) is 12.8 Å². The van der Waals surface area contributed by atoms with Crippen molar-refractivity contribution in [3.8, 4) is 0 Å². The van der Waals surface area contributed by atoms with Crippen molar-refractivity contribution in [2.75, 3.05) is 19.8 Å². The van der Waals surface area contributed by atoms with Crippen molar-refractivity contribution in [3.63, 3.8) is 0 Å². The van der Waals surface area contributed by atoms with Crippen LogP contribution in [-0.2, 0) is 4.74 Å². The van der Waals surface area contributed by atoms with E-state index in [1.807, 2.05) is 0 Å². The van der Waals surface area contributed by atoms with E-state index in [0.717, 1.165) is 26.1 Å². The van der Waals surface area contributed by atoms with Gasteiger partial charge in [-0.2, -0.15) is 0 Å². The van der Waals surface area contributed by atoms with E-state index < -0.39 is 0 Å². The van der Waals surface area contributed by atoms with Crippen LogP contribution in [-0.4, -0.2) is 41.7 Å². The van der Waals surface area contributed by atoms with E-state index in [9.17, 15) is 4.79 Å². The Hall–Kier alpha value is -2.15. The molecule has 2 rings (SSSR count). The molecule has 0 atom stereocenters. The molecule has 1 aromatic rings. The van der Waals surface area contributed by atoms with Crippen molar-refractivity contribution in [1.82, 2.24) is 10.3 Å². The Bertz CT molecular complexity index is 481. The van der Waals surface area contributed by atoms with Gasteiger partial charge < -0.3 is 21.0 Å². The number of aromatic nitrogens is 1. The molecule has 1 fully saturated rings. The summed E-state index contributed by atoms with van der Waals surface area (Å²) in [4.78, 5) is 15.9. The summed E-state index contributed by atoms with van der Waals surface area (Å²) in [5.41, 5.74) is 6.20. The number of ether oxygens (including phenoxy) is 1. The average Bonchev–Trinajstić information content (AvgIpc) is 2.53. The minimum absolute atomic E-state index is 0.0355.